The molecule has 0 radical (unpaired) electrons. The Kier molecular flexibility index (Phi) is 4.45. The van der Waals surface area contributed by atoms with Gasteiger partial charge < -0.3 is 20.5 Å². The molecule has 0 aliphatic heterocycles. The van der Waals surface area contributed by atoms with Crippen molar-refractivity contribution in [3.63, 3.8) is 0 Å². The second-order valence-corrected chi connectivity index (χ2v) is 4.81. The van der Waals surface area contributed by atoms with E-state index in [-0.39, 0.29) is 12.1 Å². The van der Waals surface area contributed by atoms with E-state index in [1.807, 2.05) is 0 Å². The molecule has 1 aliphatic carbocycles. The molecule has 108 valence electrons. The number of carboxylic acids is 1. The second kappa shape index (κ2) is 6.27. The molecule has 0 heterocycles. The number of carboxylic acid groups (broad SMARTS) is 1. The van der Waals surface area contributed by atoms with E-state index in [9.17, 15) is 9.59 Å². The summed E-state index contributed by atoms with van der Waals surface area (Å²) < 4.78 is 5.03. The van der Waals surface area contributed by atoms with Crippen LogP contribution in [0.5, 0.6) is 5.75 Å². The molecule has 0 saturated heterocycles. The van der Waals surface area contributed by atoms with E-state index < -0.39 is 11.9 Å². The number of nitrogens with one attached hydrogen (secondary N) is 2. The zero-order chi connectivity index (χ0) is 14.5. The van der Waals surface area contributed by atoms with Crippen molar-refractivity contribution < 1.29 is 19.4 Å². The average Bonchev–Trinajstić information content (AvgIpc) is 2.87. The van der Waals surface area contributed by atoms with Gasteiger partial charge in [0.05, 0.1) is 13.0 Å². The lowest BCUT2D eigenvalue weighted by Crippen LogP contribution is -2.42. The minimum atomic E-state index is -0.850. The number of rotatable bonds is 4. The van der Waals surface area contributed by atoms with Gasteiger partial charge >= 0.3 is 12.0 Å². The minimum Gasteiger partial charge on any atom is -0.497 e. The molecule has 6 heteroatoms. The fourth-order valence-electron chi connectivity index (χ4n) is 2.44. The maximum atomic E-state index is 11.8. The first-order valence-corrected chi connectivity index (χ1v) is 6.54. The first-order valence-electron chi connectivity index (χ1n) is 6.54. The molecule has 1 fully saturated rings. The Balaban J connectivity index is 1.90. The monoisotopic (exact) mass is 278 g/mol. The first kappa shape index (κ1) is 14.2. The molecule has 20 heavy (non-hydrogen) atoms. The molecule has 2 unspecified atom stereocenters. The van der Waals surface area contributed by atoms with Crippen LogP contribution in [-0.4, -0.2) is 30.3 Å². The number of aliphatic carboxylic acids is 1. The van der Waals surface area contributed by atoms with Gasteiger partial charge in [0.25, 0.3) is 0 Å². The maximum Gasteiger partial charge on any atom is 0.319 e. The van der Waals surface area contributed by atoms with Crippen molar-refractivity contribution in [3.05, 3.63) is 24.3 Å². The molecular weight excluding hydrogens is 260 g/mol. The van der Waals surface area contributed by atoms with Crippen LogP contribution in [0.3, 0.4) is 0 Å². The van der Waals surface area contributed by atoms with Crippen LogP contribution in [0.1, 0.15) is 19.3 Å². The summed E-state index contributed by atoms with van der Waals surface area (Å²) in [5.41, 5.74) is 0.633. The zero-order valence-electron chi connectivity index (χ0n) is 11.3. The van der Waals surface area contributed by atoms with Gasteiger partial charge in [-0.3, -0.25) is 4.79 Å². The van der Waals surface area contributed by atoms with Gasteiger partial charge in [-0.25, -0.2) is 4.79 Å². The number of amides is 2. The van der Waals surface area contributed by atoms with Crippen molar-refractivity contribution in [2.45, 2.75) is 25.3 Å². The number of ether oxygens (including phenoxy) is 1. The van der Waals surface area contributed by atoms with Gasteiger partial charge in [-0.05, 0) is 37.1 Å². The Morgan fingerprint density at radius 2 is 1.95 bits per heavy atom. The quantitative estimate of drug-likeness (QED) is 0.786. The van der Waals surface area contributed by atoms with Crippen molar-refractivity contribution in [2.75, 3.05) is 12.4 Å². The lowest BCUT2D eigenvalue weighted by atomic mass is 10.0. The molecule has 1 aliphatic rings. The highest BCUT2D eigenvalue weighted by atomic mass is 16.5. The van der Waals surface area contributed by atoms with Crippen LogP contribution in [0.4, 0.5) is 10.5 Å². The third kappa shape index (κ3) is 3.40. The highest BCUT2D eigenvalue weighted by Crippen LogP contribution is 2.26. The van der Waals surface area contributed by atoms with Crippen LogP contribution in [0, 0.1) is 5.92 Å². The molecule has 1 saturated carbocycles. The standard InChI is InChI=1S/C14H18N2O4/c1-20-10-7-5-9(6-8-10)15-14(19)16-12-4-2-3-11(12)13(17)18/h5-8,11-12H,2-4H2,1H3,(H,17,18)(H2,15,16,19). The van der Waals surface area contributed by atoms with E-state index in [0.29, 0.717) is 24.3 Å². The number of carbonyl (C=O) groups is 2. The first-order chi connectivity index (χ1) is 9.60. The molecule has 2 atom stereocenters. The zero-order valence-corrected chi connectivity index (χ0v) is 11.3. The summed E-state index contributed by atoms with van der Waals surface area (Å²) in [4.78, 5) is 22.9. The van der Waals surface area contributed by atoms with Crippen molar-refractivity contribution in [1.29, 1.82) is 0 Å². The van der Waals surface area contributed by atoms with Gasteiger partial charge in [0.15, 0.2) is 0 Å². The molecule has 1 aromatic carbocycles. The third-order valence-electron chi connectivity index (χ3n) is 3.50. The second-order valence-electron chi connectivity index (χ2n) is 4.81. The van der Waals surface area contributed by atoms with Crippen LogP contribution in [0.15, 0.2) is 24.3 Å². The van der Waals surface area contributed by atoms with E-state index in [1.165, 1.54) is 0 Å². The van der Waals surface area contributed by atoms with E-state index in [0.717, 1.165) is 6.42 Å². The van der Waals surface area contributed by atoms with Crippen molar-refractivity contribution in [3.8, 4) is 5.75 Å². The summed E-state index contributed by atoms with van der Waals surface area (Å²) in [6.07, 6.45) is 2.14. The van der Waals surface area contributed by atoms with E-state index in [2.05, 4.69) is 10.6 Å². The van der Waals surface area contributed by atoms with Gasteiger partial charge in [0.2, 0.25) is 0 Å². The number of anilines is 1. The SMILES string of the molecule is COc1ccc(NC(=O)NC2CCCC2C(=O)O)cc1. The molecule has 0 spiro atoms. The van der Waals surface area contributed by atoms with E-state index in [4.69, 9.17) is 9.84 Å². The van der Waals surface area contributed by atoms with Crippen LogP contribution in [-0.2, 0) is 4.79 Å². The summed E-state index contributed by atoms with van der Waals surface area (Å²) in [6, 6.07) is 6.25. The summed E-state index contributed by atoms with van der Waals surface area (Å²) in [5, 5.41) is 14.5. The van der Waals surface area contributed by atoms with Gasteiger partial charge in [-0.15, -0.1) is 0 Å². The number of hydrogen-bond donors (Lipinski definition) is 3. The van der Waals surface area contributed by atoms with Gasteiger partial charge in [-0.2, -0.15) is 0 Å². The number of hydrogen-bond acceptors (Lipinski definition) is 3. The highest BCUT2D eigenvalue weighted by molar-refractivity contribution is 5.90. The van der Waals surface area contributed by atoms with Crippen molar-refractivity contribution in [1.82, 2.24) is 5.32 Å². The van der Waals surface area contributed by atoms with E-state index in [1.54, 1.807) is 31.4 Å². The van der Waals surface area contributed by atoms with Gasteiger partial charge in [-0.1, -0.05) is 6.42 Å². The Hall–Kier alpha value is -2.24. The van der Waals surface area contributed by atoms with E-state index >= 15 is 0 Å². The Bertz CT molecular complexity index is 486. The number of benzene rings is 1. The molecule has 2 amide bonds. The lowest BCUT2D eigenvalue weighted by Gasteiger charge is -2.18. The fraction of sp³-hybridized carbons (Fsp3) is 0.429. The summed E-state index contributed by atoms with van der Waals surface area (Å²) in [6.45, 7) is 0. The van der Waals surface area contributed by atoms with Crippen LogP contribution in [0.25, 0.3) is 0 Å². The van der Waals surface area contributed by atoms with Gasteiger partial charge in [0.1, 0.15) is 5.75 Å². The number of urea groups is 1. The minimum absolute atomic E-state index is 0.300. The van der Waals surface area contributed by atoms with Crippen LogP contribution >= 0.6 is 0 Å². The third-order valence-corrected chi connectivity index (χ3v) is 3.50. The molecule has 3 N–H and O–H groups in total. The normalized spacial score (nSPS) is 21.2. The molecule has 6 nitrogen and oxygen atoms in total. The predicted molar refractivity (Wildman–Crippen MR) is 73.9 cm³/mol. The highest BCUT2D eigenvalue weighted by Gasteiger charge is 2.33. The Labute approximate surface area is 117 Å². The number of methoxy groups -OCH3 is 1. The predicted octanol–water partition coefficient (Wildman–Crippen LogP) is 2.07. The molecule has 2 rings (SSSR count). The van der Waals surface area contributed by atoms with Crippen LogP contribution in [0.2, 0.25) is 0 Å². The molecular formula is C14H18N2O4. The average molecular weight is 278 g/mol. The molecule has 0 bridgehead atoms. The Morgan fingerprint density at radius 1 is 1.25 bits per heavy atom. The summed E-state index contributed by atoms with van der Waals surface area (Å²) >= 11 is 0. The topological polar surface area (TPSA) is 87.7 Å². The van der Waals surface area contributed by atoms with Crippen molar-refractivity contribution in [2.24, 2.45) is 5.92 Å². The summed E-state index contributed by atoms with van der Waals surface area (Å²) in [7, 11) is 1.57. The largest absolute Gasteiger partial charge is 0.497 e. The van der Waals surface area contributed by atoms with Gasteiger partial charge in [0, 0.05) is 11.7 Å². The fourth-order valence-corrected chi connectivity index (χ4v) is 2.44. The molecule has 0 aromatic heterocycles. The smallest absolute Gasteiger partial charge is 0.319 e. The van der Waals surface area contributed by atoms with Crippen molar-refractivity contribution >= 4 is 17.7 Å². The lowest BCUT2D eigenvalue weighted by molar-refractivity contribution is -0.142. The Morgan fingerprint density at radius 3 is 2.55 bits per heavy atom. The summed E-state index contributed by atoms with van der Waals surface area (Å²) in [5.74, 6) is -0.633. The molecule has 1 aromatic rings. The number of carbonyl (C=O) groups excluding carboxylic acids is 1. The maximum absolute atomic E-state index is 11.8. The van der Waals surface area contributed by atoms with Crippen LogP contribution < -0.4 is 15.4 Å².